The summed E-state index contributed by atoms with van der Waals surface area (Å²) in [5.74, 6) is 5.78. The van der Waals surface area contributed by atoms with E-state index in [1.807, 2.05) is 0 Å². The molecule has 1 heterocycles. The summed E-state index contributed by atoms with van der Waals surface area (Å²) in [5.41, 5.74) is 2.16. The number of nitrogens with zero attached hydrogens (tertiary/aromatic N) is 1. The number of hydrazine groups is 1. The molecular formula is C10H21N3O. The fourth-order valence-electron chi connectivity index (χ4n) is 1.97. The SMILES string of the molecule is CN1CCC(CCCC(=O)NN)CC1. The smallest absolute Gasteiger partial charge is 0.233 e. The van der Waals surface area contributed by atoms with Gasteiger partial charge in [0, 0.05) is 6.42 Å². The lowest BCUT2D eigenvalue weighted by atomic mass is 9.92. The van der Waals surface area contributed by atoms with Gasteiger partial charge in [-0.3, -0.25) is 10.2 Å². The molecule has 1 saturated heterocycles. The summed E-state index contributed by atoms with van der Waals surface area (Å²) < 4.78 is 0. The predicted molar refractivity (Wildman–Crippen MR) is 56.4 cm³/mol. The van der Waals surface area contributed by atoms with Crippen LogP contribution in [-0.4, -0.2) is 30.9 Å². The summed E-state index contributed by atoms with van der Waals surface area (Å²) in [6.07, 6.45) is 5.27. The Kier molecular flexibility index (Phi) is 4.90. The third kappa shape index (κ3) is 4.07. The zero-order valence-corrected chi connectivity index (χ0v) is 8.96. The van der Waals surface area contributed by atoms with Crippen molar-refractivity contribution in [3.63, 3.8) is 0 Å². The van der Waals surface area contributed by atoms with Crippen LogP contribution in [-0.2, 0) is 4.79 Å². The van der Waals surface area contributed by atoms with Crippen LogP contribution in [0, 0.1) is 5.92 Å². The highest BCUT2D eigenvalue weighted by Gasteiger charge is 2.16. The van der Waals surface area contributed by atoms with E-state index in [1.165, 1.54) is 32.4 Å². The van der Waals surface area contributed by atoms with Gasteiger partial charge in [0.1, 0.15) is 0 Å². The Balaban J connectivity index is 2.04. The Hall–Kier alpha value is -0.610. The average Bonchev–Trinajstić information content (AvgIpc) is 2.21. The number of carbonyl (C=O) groups excluding carboxylic acids is 1. The molecule has 4 nitrogen and oxygen atoms in total. The topological polar surface area (TPSA) is 58.4 Å². The number of carbonyl (C=O) groups is 1. The van der Waals surface area contributed by atoms with Crippen LogP contribution in [0.2, 0.25) is 0 Å². The second-order valence-corrected chi connectivity index (χ2v) is 4.21. The maximum absolute atomic E-state index is 10.9. The lowest BCUT2D eigenvalue weighted by Gasteiger charge is -2.28. The van der Waals surface area contributed by atoms with Crippen molar-refractivity contribution in [2.45, 2.75) is 32.1 Å². The second-order valence-electron chi connectivity index (χ2n) is 4.21. The first kappa shape index (κ1) is 11.5. The summed E-state index contributed by atoms with van der Waals surface area (Å²) in [4.78, 5) is 13.2. The summed E-state index contributed by atoms with van der Waals surface area (Å²) in [6.45, 7) is 2.40. The van der Waals surface area contributed by atoms with Gasteiger partial charge in [0.15, 0.2) is 0 Å². The van der Waals surface area contributed by atoms with Crippen LogP contribution in [0.15, 0.2) is 0 Å². The summed E-state index contributed by atoms with van der Waals surface area (Å²) in [6, 6.07) is 0. The van der Waals surface area contributed by atoms with Gasteiger partial charge in [-0.1, -0.05) is 0 Å². The fraction of sp³-hybridized carbons (Fsp3) is 0.900. The molecule has 1 aliphatic heterocycles. The lowest BCUT2D eigenvalue weighted by Crippen LogP contribution is -2.31. The molecule has 0 saturated carbocycles. The Morgan fingerprint density at radius 1 is 1.50 bits per heavy atom. The number of amides is 1. The number of hydrogen-bond acceptors (Lipinski definition) is 3. The highest BCUT2D eigenvalue weighted by Crippen LogP contribution is 2.21. The number of nitrogens with two attached hydrogens (primary N) is 1. The minimum Gasteiger partial charge on any atom is -0.306 e. The van der Waals surface area contributed by atoms with Gasteiger partial charge in [0.2, 0.25) is 5.91 Å². The van der Waals surface area contributed by atoms with Gasteiger partial charge in [-0.05, 0) is 51.7 Å². The van der Waals surface area contributed by atoms with Crippen molar-refractivity contribution in [1.82, 2.24) is 10.3 Å². The molecule has 1 amide bonds. The first-order valence-corrected chi connectivity index (χ1v) is 5.40. The van der Waals surface area contributed by atoms with Crippen molar-refractivity contribution in [2.75, 3.05) is 20.1 Å². The van der Waals surface area contributed by atoms with E-state index in [2.05, 4.69) is 17.4 Å². The standard InChI is InChI=1S/C10H21N3O/c1-13-7-5-9(6-8-13)3-2-4-10(14)12-11/h9H,2-8,11H2,1H3,(H,12,14). The van der Waals surface area contributed by atoms with Crippen LogP contribution in [0.3, 0.4) is 0 Å². The first-order valence-electron chi connectivity index (χ1n) is 5.40. The van der Waals surface area contributed by atoms with Crippen LogP contribution in [0.5, 0.6) is 0 Å². The van der Waals surface area contributed by atoms with Crippen LogP contribution < -0.4 is 11.3 Å². The predicted octanol–water partition coefficient (Wildman–Crippen LogP) is 0.488. The number of rotatable bonds is 4. The molecule has 0 bridgehead atoms. The van der Waals surface area contributed by atoms with Crippen molar-refractivity contribution in [3.8, 4) is 0 Å². The molecule has 0 atom stereocenters. The molecule has 1 fully saturated rings. The van der Waals surface area contributed by atoms with Crippen molar-refractivity contribution in [3.05, 3.63) is 0 Å². The molecule has 0 aromatic carbocycles. The highest BCUT2D eigenvalue weighted by molar-refractivity contribution is 5.75. The van der Waals surface area contributed by atoms with Gasteiger partial charge in [0.05, 0.1) is 0 Å². The first-order chi connectivity index (χ1) is 6.72. The molecule has 14 heavy (non-hydrogen) atoms. The van der Waals surface area contributed by atoms with Gasteiger partial charge in [-0.2, -0.15) is 0 Å². The van der Waals surface area contributed by atoms with Crippen LogP contribution >= 0.6 is 0 Å². The van der Waals surface area contributed by atoms with E-state index in [0.717, 1.165) is 12.3 Å². The van der Waals surface area contributed by atoms with E-state index in [0.29, 0.717) is 6.42 Å². The quantitative estimate of drug-likeness (QED) is 0.393. The van der Waals surface area contributed by atoms with E-state index >= 15 is 0 Å². The van der Waals surface area contributed by atoms with Gasteiger partial charge in [-0.15, -0.1) is 0 Å². The second kappa shape index (κ2) is 5.98. The summed E-state index contributed by atoms with van der Waals surface area (Å²) in [5, 5.41) is 0. The summed E-state index contributed by atoms with van der Waals surface area (Å²) in [7, 11) is 2.16. The molecule has 82 valence electrons. The van der Waals surface area contributed by atoms with E-state index in [-0.39, 0.29) is 5.91 Å². The molecule has 1 rings (SSSR count). The maximum atomic E-state index is 10.9. The molecule has 0 spiro atoms. The van der Waals surface area contributed by atoms with Crippen molar-refractivity contribution >= 4 is 5.91 Å². The minimum atomic E-state index is -0.0436. The van der Waals surface area contributed by atoms with E-state index in [9.17, 15) is 4.79 Å². The van der Waals surface area contributed by atoms with E-state index in [1.54, 1.807) is 0 Å². The molecule has 0 aliphatic carbocycles. The molecule has 0 aromatic rings. The zero-order chi connectivity index (χ0) is 10.4. The largest absolute Gasteiger partial charge is 0.306 e. The van der Waals surface area contributed by atoms with Crippen LogP contribution in [0.4, 0.5) is 0 Å². The number of nitrogens with one attached hydrogen (secondary N) is 1. The summed E-state index contributed by atoms with van der Waals surface area (Å²) >= 11 is 0. The maximum Gasteiger partial charge on any atom is 0.233 e. The lowest BCUT2D eigenvalue weighted by molar-refractivity contribution is -0.121. The minimum absolute atomic E-state index is 0.0436. The monoisotopic (exact) mass is 199 g/mol. The molecular weight excluding hydrogens is 178 g/mol. The molecule has 0 aromatic heterocycles. The Morgan fingerprint density at radius 2 is 2.14 bits per heavy atom. The molecule has 4 heteroatoms. The van der Waals surface area contributed by atoms with E-state index in [4.69, 9.17) is 5.84 Å². The Morgan fingerprint density at radius 3 is 2.71 bits per heavy atom. The Bertz CT molecular complexity index is 176. The van der Waals surface area contributed by atoms with Crippen molar-refractivity contribution in [1.29, 1.82) is 0 Å². The van der Waals surface area contributed by atoms with Gasteiger partial charge in [-0.25, -0.2) is 5.84 Å². The number of piperidine rings is 1. The molecule has 3 N–H and O–H groups in total. The number of likely N-dealkylation sites (tertiary alicyclic amines) is 1. The molecule has 0 unspecified atom stereocenters. The van der Waals surface area contributed by atoms with Crippen molar-refractivity contribution in [2.24, 2.45) is 11.8 Å². The normalized spacial score (nSPS) is 19.6. The van der Waals surface area contributed by atoms with Gasteiger partial charge < -0.3 is 4.90 Å². The van der Waals surface area contributed by atoms with Gasteiger partial charge >= 0.3 is 0 Å². The fourth-order valence-corrected chi connectivity index (χ4v) is 1.97. The molecule has 1 aliphatic rings. The van der Waals surface area contributed by atoms with Crippen LogP contribution in [0.25, 0.3) is 0 Å². The third-order valence-corrected chi connectivity index (χ3v) is 3.02. The van der Waals surface area contributed by atoms with Crippen LogP contribution in [0.1, 0.15) is 32.1 Å². The average molecular weight is 199 g/mol. The third-order valence-electron chi connectivity index (χ3n) is 3.02. The van der Waals surface area contributed by atoms with Crippen molar-refractivity contribution < 1.29 is 4.79 Å². The van der Waals surface area contributed by atoms with E-state index < -0.39 is 0 Å². The number of hydrogen-bond donors (Lipinski definition) is 2. The Labute approximate surface area is 85.8 Å². The molecule has 0 radical (unpaired) electrons. The highest BCUT2D eigenvalue weighted by atomic mass is 16.2. The van der Waals surface area contributed by atoms with Gasteiger partial charge in [0.25, 0.3) is 0 Å². The zero-order valence-electron chi connectivity index (χ0n) is 8.96.